The first-order chi connectivity index (χ1) is 9.41. The van der Waals surface area contributed by atoms with Gasteiger partial charge in [0.2, 0.25) is 11.9 Å². The standard InChI is InChI=1S/C14H23N5O/c1-10(2)16-7-11-8-17-13(18-9-11)19-6-5-15-12(20)14(19,3)4/h8-10,16H,5-7H2,1-4H3,(H,15,20). The Morgan fingerprint density at radius 3 is 2.65 bits per heavy atom. The minimum absolute atomic E-state index is 0.0119. The lowest BCUT2D eigenvalue weighted by Gasteiger charge is -2.41. The van der Waals surface area contributed by atoms with E-state index in [9.17, 15) is 4.79 Å². The predicted molar refractivity (Wildman–Crippen MR) is 78.4 cm³/mol. The molecule has 2 rings (SSSR count). The third-order valence-electron chi connectivity index (χ3n) is 3.50. The third kappa shape index (κ3) is 3.07. The number of anilines is 1. The van der Waals surface area contributed by atoms with E-state index in [0.717, 1.165) is 18.7 Å². The summed E-state index contributed by atoms with van der Waals surface area (Å²) in [5.41, 5.74) is 0.428. The number of hydrogen-bond acceptors (Lipinski definition) is 5. The summed E-state index contributed by atoms with van der Waals surface area (Å²) in [5, 5.41) is 6.20. The fourth-order valence-electron chi connectivity index (χ4n) is 2.15. The summed E-state index contributed by atoms with van der Waals surface area (Å²) in [5.74, 6) is 0.621. The van der Waals surface area contributed by atoms with Gasteiger partial charge >= 0.3 is 0 Å². The highest BCUT2D eigenvalue weighted by atomic mass is 16.2. The van der Waals surface area contributed by atoms with Crippen LogP contribution < -0.4 is 15.5 Å². The quantitative estimate of drug-likeness (QED) is 0.847. The summed E-state index contributed by atoms with van der Waals surface area (Å²) in [6.45, 7) is 10.1. The first-order valence-electron chi connectivity index (χ1n) is 7.01. The van der Waals surface area contributed by atoms with E-state index in [1.54, 1.807) is 0 Å². The van der Waals surface area contributed by atoms with Crippen LogP contribution in [0.2, 0.25) is 0 Å². The third-order valence-corrected chi connectivity index (χ3v) is 3.50. The Bertz CT molecular complexity index is 469. The number of rotatable bonds is 4. The van der Waals surface area contributed by atoms with Gasteiger partial charge in [0, 0.05) is 43.6 Å². The number of carbonyl (C=O) groups excluding carboxylic acids is 1. The lowest BCUT2D eigenvalue weighted by atomic mass is 9.99. The summed E-state index contributed by atoms with van der Waals surface area (Å²) in [7, 11) is 0. The van der Waals surface area contributed by atoms with Crippen LogP contribution in [-0.2, 0) is 11.3 Å². The fraction of sp³-hybridized carbons (Fsp3) is 0.643. The van der Waals surface area contributed by atoms with Crippen molar-refractivity contribution < 1.29 is 4.79 Å². The molecule has 6 nitrogen and oxygen atoms in total. The van der Waals surface area contributed by atoms with E-state index in [2.05, 4.69) is 34.4 Å². The Morgan fingerprint density at radius 1 is 1.40 bits per heavy atom. The molecule has 1 fully saturated rings. The van der Waals surface area contributed by atoms with E-state index < -0.39 is 5.54 Å². The molecule has 1 saturated heterocycles. The number of amides is 1. The number of nitrogens with one attached hydrogen (secondary N) is 2. The van der Waals surface area contributed by atoms with Crippen LogP contribution in [0.25, 0.3) is 0 Å². The molecule has 1 aliphatic heterocycles. The summed E-state index contributed by atoms with van der Waals surface area (Å²) >= 11 is 0. The van der Waals surface area contributed by atoms with Crippen molar-refractivity contribution in [2.45, 2.75) is 45.8 Å². The summed E-state index contributed by atoms with van der Waals surface area (Å²) in [6.07, 6.45) is 3.64. The van der Waals surface area contributed by atoms with Gasteiger partial charge in [0.05, 0.1) is 0 Å². The highest BCUT2D eigenvalue weighted by molar-refractivity contribution is 5.89. The van der Waals surface area contributed by atoms with Crippen LogP contribution in [0.4, 0.5) is 5.95 Å². The Labute approximate surface area is 120 Å². The van der Waals surface area contributed by atoms with Crippen molar-refractivity contribution in [3.05, 3.63) is 18.0 Å². The molecular weight excluding hydrogens is 254 g/mol. The molecule has 0 atom stereocenters. The molecule has 2 N–H and O–H groups in total. The smallest absolute Gasteiger partial charge is 0.245 e. The van der Waals surface area contributed by atoms with Crippen molar-refractivity contribution in [2.24, 2.45) is 0 Å². The van der Waals surface area contributed by atoms with Crippen molar-refractivity contribution in [1.82, 2.24) is 20.6 Å². The van der Waals surface area contributed by atoms with Gasteiger partial charge < -0.3 is 15.5 Å². The van der Waals surface area contributed by atoms with Gasteiger partial charge in [-0.2, -0.15) is 0 Å². The molecule has 0 aliphatic carbocycles. The molecule has 1 aromatic heterocycles. The Morgan fingerprint density at radius 2 is 2.05 bits per heavy atom. The maximum absolute atomic E-state index is 11.9. The molecule has 110 valence electrons. The van der Waals surface area contributed by atoms with E-state index >= 15 is 0 Å². The molecule has 0 radical (unpaired) electrons. The minimum atomic E-state index is -0.615. The van der Waals surface area contributed by atoms with Crippen LogP contribution >= 0.6 is 0 Å². The largest absolute Gasteiger partial charge is 0.352 e. The summed E-state index contributed by atoms with van der Waals surface area (Å²) in [4.78, 5) is 22.7. The van der Waals surface area contributed by atoms with Crippen molar-refractivity contribution in [3.8, 4) is 0 Å². The molecular formula is C14H23N5O. The highest BCUT2D eigenvalue weighted by Gasteiger charge is 2.38. The van der Waals surface area contributed by atoms with Gasteiger partial charge in [-0.25, -0.2) is 9.97 Å². The van der Waals surface area contributed by atoms with Crippen LogP contribution in [0.15, 0.2) is 12.4 Å². The lowest BCUT2D eigenvalue weighted by molar-refractivity contribution is -0.126. The van der Waals surface area contributed by atoms with Crippen LogP contribution in [0.5, 0.6) is 0 Å². The first-order valence-corrected chi connectivity index (χ1v) is 7.01. The van der Waals surface area contributed by atoms with Gasteiger partial charge in [-0.3, -0.25) is 4.79 Å². The van der Waals surface area contributed by atoms with Crippen LogP contribution in [0.3, 0.4) is 0 Å². The normalized spacial score (nSPS) is 18.2. The van der Waals surface area contributed by atoms with Crippen molar-refractivity contribution in [3.63, 3.8) is 0 Å². The summed E-state index contributed by atoms with van der Waals surface area (Å²) in [6, 6.07) is 0.430. The van der Waals surface area contributed by atoms with Gasteiger partial charge in [-0.05, 0) is 13.8 Å². The maximum Gasteiger partial charge on any atom is 0.245 e. The monoisotopic (exact) mass is 277 g/mol. The molecule has 0 aromatic carbocycles. The average Bonchev–Trinajstić information content (AvgIpc) is 2.40. The average molecular weight is 277 g/mol. The number of nitrogens with zero attached hydrogens (tertiary/aromatic N) is 3. The van der Waals surface area contributed by atoms with Crippen LogP contribution in [0, 0.1) is 0 Å². The van der Waals surface area contributed by atoms with E-state index in [1.807, 2.05) is 31.1 Å². The van der Waals surface area contributed by atoms with E-state index in [-0.39, 0.29) is 5.91 Å². The molecule has 20 heavy (non-hydrogen) atoms. The molecule has 1 amide bonds. The number of aromatic nitrogens is 2. The van der Waals surface area contributed by atoms with Crippen LogP contribution in [0.1, 0.15) is 33.3 Å². The molecule has 0 bridgehead atoms. The van der Waals surface area contributed by atoms with Gasteiger partial charge in [0.15, 0.2) is 0 Å². The van der Waals surface area contributed by atoms with Gasteiger partial charge in [-0.1, -0.05) is 13.8 Å². The fourth-order valence-corrected chi connectivity index (χ4v) is 2.15. The van der Waals surface area contributed by atoms with Crippen molar-refractivity contribution >= 4 is 11.9 Å². The molecule has 1 aromatic rings. The Hall–Kier alpha value is -1.69. The number of hydrogen-bond donors (Lipinski definition) is 2. The summed E-state index contributed by atoms with van der Waals surface area (Å²) < 4.78 is 0. The zero-order valence-electron chi connectivity index (χ0n) is 12.6. The van der Waals surface area contributed by atoms with Crippen molar-refractivity contribution in [1.29, 1.82) is 0 Å². The predicted octanol–water partition coefficient (Wildman–Crippen LogP) is 0.689. The lowest BCUT2D eigenvalue weighted by Crippen LogP contribution is -2.62. The number of carbonyl (C=O) groups is 1. The topological polar surface area (TPSA) is 70.2 Å². The van der Waals surface area contributed by atoms with Gasteiger partial charge in [0.25, 0.3) is 0 Å². The SMILES string of the molecule is CC(C)NCc1cnc(N2CCNC(=O)C2(C)C)nc1. The van der Waals surface area contributed by atoms with Crippen molar-refractivity contribution in [2.75, 3.05) is 18.0 Å². The second-order valence-electron chi connectivity index (χ2n) is 5.89. The second-order valence-corrected chi connectivity index (χ2v) is 5.89. The van der Waals surface area contributed by atoms with E-state index in [4.69, 9.17) is 0 Å². The Kier molecular flexibility index (Phi) is 4.23. The first kappa shape index (κ1) is 14.7. The highest BCUT2D eigenvalue weighted by Crippen LogP contribution is 2.22. The number of piperazine rings is 1. The maximum atomic E-state index is 11.9. The van der Waals surface area contributed by atoms with Gasteiger partial charge in [-0.15, -0.1) is 0 Å². The molecule has 0 unspecified atom stereocenters. The minimum Gasteiger partial charge on any atom is -0.352 e. The second kappa shape index (κ2) is 5.75. The zero-order valence-corrected chi connectivity index (χ0v) is 12.6. The van der Waals surface area contributed by atoms with E-state index in [1.165, 1.54) is 0 Å². The molecule has 0 saturated carbocycles. The van der Waals surface area contributed by atoms with Gasteiger partial charge in [0.1, 0.15) is 5.54 Å². The van der Waals surface area contributed by atoms with E-state index in [0.29, 0.717) is 18.5 Å². The molecule has 2 heterocycles. The molecule has 0 spiro atoms. The molecule has 6 heteroatoms. The Balaban J connectivity index is 2.11. The van der Waals surface area contributed by atoms with Crippen LogP contribution in [-0.4, -0.2) is 40.5 Å². The zero-order chi connectivity index (χ0) is 14.8. The molecule has 1 aliphatic rings.